The van der Waals surface area contributed by atoms with E-state index in [9.17, 15) is 5.11 Å². The fraction of sp³-hybridized carbons (Fsp3) is 0.368. The SMILES string of the molecule is CN=C(NCc1cccnc1N(C)C)NCC(CO)c1ccccc1. The number of aliphatic imine (C=N–C) groups is 1. The minimum absolute atomic E-state index is 0.0236. The molecule has 0 spiro atoms. The number of benzene rings is 1. The summed E-state index contributed by atoms with van der Waals surface area (Å²) in [6.45, 7) is 1.31. The molecule has 1 unspecified atom stereocenters. The van der Waals surface area contributed by atoms with Crippen LogP contribution in [0.1, 0.15) is 17.0 Å². The first kappa shape index (κ1) is 18.7. The number of hydrogen-bond acceptors (Lipinski definition) is 4. The van der Waals surface area contributed by atoms with E-state index in [1.165, 1.54) is 0 Å². The number of hydrogen-bond donors (Lipinski definition) is 3. The maximum absolute atomic E-state index is 9.66. The molecular formula is C19H27N5O. The minimum Gasteiger partial charge on any atom is -0.396 e. The number of aromatic nitrogens is 1. The monoisotopic (exact) mass is 341 g/mol. The Morgan fingerprint density at radius 3 is 2.56 bits per heavy atom. The molecule has 134 valence electrons. The van der Waals surface area contributed by atoms with Crippen molar-refractivity contribution in [2.24, 2.45) is 4.99 Å². The molecule has 2 rings (SSSR count). The summed E-state index contributed by atoms with van der Waals surface area (Å²) in [6.07, 6.45) is 1.79. The quantitative estimate of drug-likeness (QED) is 0.527. The van der Waals surface area contributed by atoms with E-state index in [4.69, 9.17) is 0 Å². The van der Waals surface area contributed by atoms with Crippen molar-refractivity contribution in [2.45, 2.75) is 12.5 Å². The van der Waals surface area contributed by atoms with Crippen LogP contribution < -0.4 is 15.5 Å². The summed E-state index contributed by atoms with van der Waals surface area (Å²) in [6, 6.07) is 14.0. The highest BCUT2D eigenvalue weighted by Crippen LogP contribution is 2.14. The van der Waals surface area contributed by atoms with Gasteiger partial charge in [0.15, 0.2) is 5.96 Å². The van der Waals surface area contributed by atoms with Gasteiger partial charge in [0.05, 0.1) is 6.61 Å². The highest BCUT2D eigenvalue weighted by atomic mass is 16.3. The van der Waals surface area contributed by atoms with Crippen LogP contribution in [0, 0.1) is 0 Å². The van der Waals surface area contributed by atoms with Gasteiger partial charge in [-0.05, 0) is 11.6 Å². The first-order valence-electron chi connectivity index (χ1n) is 8.37. The van der Waals surface area contributed by atoms with Crippen LogP contribution in [0.5, 0.6) is 0 Å². The summed E-state index contributed by atoms with van der Waals surface area (Å²) in [4.78, 5) is 10.6. The molecule has 0 saturated carbocycles. The van der Waals surface area contributed by atoms with E-state index in [1.807, 2.05) is 61.5 Å². The van der Waals surface area contributed by atoms with Gasteiger partial charge < -0.3 is 20.6 Å². The second-order valence-corrected chi connectivity index (χ2v) is 5.98. The smallest absolute Gasteiger partial charge is 0.191 e. The van der Waals surface area contributed by atoms with E-state index in [-0.39, 0.29) is 12.5 Å². The van der Waals surface area contributed by atoms with Gasteiger partial charge in [-0.2, -0.15) is 0 Å². The molecule has 1 atom stereocenters. The topological polar surface area (TPSA) is 72.8 Å². The zero-order chi connectivity index (χ0) is 18.1. The van der Waals surface area contributed by atoms with E-state index >= 15 is 0 Å². The van der Waals surface area contributed by atoms with E-state index in [0.29, 0.717) is 19.0 Å². The fourth-order valence-electron chi connectivity index (χ4n) is 2.60. The van der Waals surface area contributed by atoms with Gasteiger partial charge >= 0.3 is 0 Å². The van der Waals surface area contributed by atoms with Crippen LogP contribution in [0.15, 0.2) is 53.7 Å². The molecule has 1 aromatic heterocycles. The number of aliphatic hydroxyl groups is 1. The van der Waals surface area contributed by atoms with E-state index < -0.39 is 0 Å². The number of nitrogens with zero attached hydrogens (tertiary/aromatic N) is 3. The third kappa shape index (κ3) is 5.46. The molecule has 0 aliphatic carbocycles. The number of nitrogens with one attached hydrogen (secondary N) is 2. The van der Waals surface area contributed by atoms with Crippen molar-refractivity contribution in [3.63, 3.8) is 0 Å². The Bertz CT molecular complexity index is 673. The predicted octanol–water partition coefficient (Wildman–Crippen LogP) is 1.59. The van der Waals surface area contributed by atoms with Crippen LogP contribution in [-0.2, 0) is 6.54 Å². The van der Waals surface area contributed by atoms with E-state index in [1.54, 1.807) is 13.2 Å². The summed E-state index contributed by atoms with van der Waals surface area (Å²) in [5, 5.41) is 16.2. The van der Waals surface area contributed by atoms with E-state index in [2.05, 4.69) is 20.6 Å². The van der Waals surface area contributed by atoms with Crippen molar-refractivity contribution < 1.29 is 5.11 Å². The van der Waals surface area contributed by atoms with Crippen LogP contribution in [0.2, 0.25) is 0 Å². The second-order valence-electron chi connectivity index (χ2n) is 5.98. The Balaban J connectivity index is 1.93. The minimum atomic E-state index is 0.0236. The van der Waals surface area contributed by atoms with Gasteiger partial charge in [0.1, 0.15) is 5.82 Å². The molecule has 0 amide bonds. The van der Waals surface area contributed by atoms with Gasteiger partial charge in [-0.3, -0.25) is 4.99 Å². The molecule has 0 aliphatic rings. The zero-order valence-electron chi connectivity index (χ0n) is 15.1. The lowest BCUT2D eigenvalue weighted by Gasteiger charge is -2.19. The summed E-state index contributed by atoms with van der Waals surface area (Å²) in [7, 11) is 5.69. The Kier molecular flexibility index (Phi) is 7.22. The molecule has 2 aromatic rings. The molecule has 0 saturated heterocycles. The molecule has 6 nitrogen and oxygen atoms in total. The van der Waals surface area contributed by atoms with Crippen molar-refractivity contribution in [3.8, 4) is 0 Å². The maximum atomic E-state index is 9.66. The van der Waals surface area contributed by atoms with Crippen LogP contribution in [0.4, 0.5) is 5.82 Å². The molecule has 1 aromatic carbocycles. The second kappa shape index (κ2) is 9.64. The average Bonchev–Trinajstić information content (AvgIpc) is 2.65. The molecule has 6 heteroatoms. The predicted molar refractivity (Wildman–Crippen MR) is 103 cm³/mol. The summed E-state index contributed by atoms with van der Waals surface area (Å²) in [5.74, 6) is 1.65. The van der Waals surface area contributed by atoms with Crippen LogP contribution in [-0.4, -0.2) is 50.3 Å². The number of anilines is 1. The Labute approximate surface area is 149 Å². The largest absolute Gasteiger partial charge is 0.396 e. The average molecular weight is 341 g/mol. The van der Waals surface area contributed by atoms with Crippen molar-refractivity contribution in [1.29, 1.82) is 0 Å². The molecule has 0 aliphatic heterocycles. The van der Waals surface area contributed by atoms with Gasteiger partial charge in [-0.25, -0.2) is 4.98 Å². The van der Waals surface area contributed by atoms with Crippen molar-refractivity contribution >= 4 is 11.8 Å². The summed E-state index contributed by atoms with van der Waals surface area (Å²) in [5.41, 5.74) is 2.20. The highest BCUT2D eigenvalue weighted by molar-refractivity contribution is 5.79. The Morgan fingerprint density at radius 2 is 1.92 bits per heavy atom. The zero-order valence-corrected chi connectivity index (χ0v) is 15.1. The fourth-order valence-corrected chi connectivity index (χ4v) is 2.60. The maximum Gasteiger partial charge on any atom is 0.191 e. The van der Waals surface area contributed by atoms with Crippen molar-refractivity contribution in [2.75, 3.05) is 39.2 Å². The van der Waals surface area contributed by atoms with E-state index in [0.717, 1.165) is 16.9 Å². The summed E-state index contributed by atoms with van der Waals surface area (Å²) >= 11 is 0. The van der Waals surface area contributed by atoms with Gasteiger partial charge in [-0.1, -0.05) is 36.4 Å². The molecular weight excluding hydrogens is 314 g/mol. The Morgan fingerprint density at radius 1 is 1.16 bits per heavy atom. The lowest BCUT2D eigenvalue weighted by Crippen LogP contribution is -2.39. The van der Waals surface area contributed by atoms with Crippen LogP contribution in [0.25, 0.3) is 0 Å². The molecule has 0 radical (unpaired) electrons. The molecule has 3 N–H and O–H groups in total. The summed E-state index contributed by atoms with van der Waals surface area (Å²) < 4.78 is 0. The number of pyridine rings is 1. The molecule has 0 bridgehead atoms. The normalized spacial score (nSPS) is 12.6. The third-order valence-corrected chi connectivity index (χ3v) is 3.97. The first-order chi connectivity index (χ1) is 12.2. The van der Waals surface area contributed by atoms with Crippen molar-refractivity contribution in [1.82, 2.24) is 15.6 Å². The first-order valence-corrected chi connectivity index (χ1v) is 8.37. The lowest BCUT2D eigenvalue weighted by atomic mass is 10.0. The van der Waals surface area contributed by atoms with Gasteiger partial charge in [0, 0.05) is 51.9 Å². The number of guanidine groups is 1. The van der Waals surface area contributed by atoms with Crippen LogP contribution >= 0.6 is 0 Å². The van der Waals surface area contributed by atoms with Gasteiger partial charge in [-0.15, -0.1) is 0 Å². The number of rotatable bonds is 7. The molecule has 0 fully saturated rings. The number of aliphatic hydroxyl groups excluding tert-OH is 1. The standard InChI is InChI=1S/C19H27N5O/c1-20-19(22-12-16-10-7-11-21-18(16)24(2)3)23-13-17(14-25)15-8-5-4-6-9-15/h4-11,17,25H,12-14H2,1-3H3,(H2,20,22,23). The molecule has 1 heterocycles. The van der Waals surface area contributed by atoms with Crippen LogP contribution in [0.3, 0.4) is 0 Å². The lowest BCUT2D eigenvalue weighted by molar-refractivity contribution is 0.265. The van der Waals surface area contributed by atoms with Gasteiger partial charge in [0.25, 0.3) is 0 Å². The molecule has 25 heavy (non-hydrogen) atoms. The van der Waals surface area contributed by atoms with Crippen molar-refractivity contribution in [3.05, 3.63) is 59.8 Å². The van der Waals surface area contributed by atoms with Gasteiger partial charge in [0.2, 0.25) is 0 Å². The Hall–Kier alpha value is -2.60. The third-order valence-electron chi connectivity index (χ3n) is 3.97. The highest BCUT2D eigenvalue weighted by Gasteiger charge is 2.11.